The van der Waals surface area contributed by atoms with Crippen LogP contribution in [0.15, 0.2) is 53.4 Å². The minimum atomic E-state index is -4.11. The van der Waals surface area contributed by atoms with Crippen LogP contribution in [0.2, 0.25) is 0 Å². The van der Waals surface area contributed by atoms with Crippen molar-refractivity contribution in [2.24, 2.45) is 11.3 Å². The standard InChI is InChI=1S/C34H45N5O4S/c1-22-9-7-10-23(2)31(22)29-18-30-37-33(36-29)38-44(41,42)28-12-8-11-25(17-28)32(40)39(27(21-43-30)19-34(3,4)5)20-24-13-15-26(35-6)16-14-24/h7-12,17-18,24,26-27,35H,13-16,19-21H2,1-6H3,(H,36,37,38)/t24?,26?,27-/m1/s1. The number of nitrogens with zero attached hydrogens (tertiary/aromatic N) is 3. The molecule has 10 heteroatoms. The van der Waals surface area contributed by atoms with Gasteiger partial charge in [0.05, 0.1) is 16.6 Å². The summed E-state index contributed by atoms with van der Waals surface area (Å²) in [5.41, 5.74) is 3.70. The van der Waals surface area contributed by atoms with Gasteiger partial charge in [0.2, 0.25) is 11.8 Å². The summed E-state index contributed by atoms with van der Waals surface area (Å²) < 4.78 is 36.2. The van der Waals surface area contributed by atoms with Crippen molar-refractivity contribution in [3.63, 3.8) is 0 Å². The lowest BCUT2D eigenvalue weighted by molar-refractivity contribution is 0.0460. The van der Waals surface area contributed by atoms with Gasteiger partial charge in [-0.05, 0) is 93.7 Å². The summed E-state index contributed by atoms with van der Waals surface area (Å²) in [4.78, 5) is 25.3. The zero-order chi connectivity index (χ0) is 31.6. The van der Waals surface area contributed by atoms with Crippen LogP contribution in [0, 0.1) is 25.2 Å². The lowest BCUT2D eigenvalue weighted by Crippen LogP contribution is -2.48. The largest absolute Gasteiger partial charge is 0.475 e. The van der Waals surface area contributed by atoms with E-state index in [1.807, 2.05) is 44.0 Å². The molecule has 2 heterocycles. The minimum Gasteiger partial charge on any atom is -0.475 e. The molecule has 9 nitrogen and oxygen atoms in total. The van der Waals surface area contributed by atoms with Crippen LogP contribution in [-0.4, -0.2) is 61.5 Å². The maximum atomic E-state index is 14.3. The Bertz CT molecular complexity index is 1590. The molecule has 1 aliphatic carbocycles. The van der Waals surface area contributed by atoms with E-state index < -0.39 is 10.0 Å². The van der Waals surface area contributed by atoms with Gasteiger partial charge in [-0.25, -0.2) is 18.1 Å². The van der Waals surface area contributed by atoms with E-state index in [9.17, 15) is 13.2 Å². The van der Waals surface area contributed by atoms with Crippen molar-refractivity contribution in [3.8, 4) is 17.1 Å². The van der Waals surface area contributed by atoms with E-state index in [1.165, 1.54) is 12.1 Å². The Hall–Kier alpha value is -3.50. The van der Waals surface area contributed by atoms with Gasteiger partial charge >= 0.3 is 0 Å². The second-order valence-corrected chi connectivity index (χ2v) is 15.2. The summed E-state index contributed by atoms with van der Waals surface area (Å²) in [7, 11) is -2.10. The fraction of sp³-hybridized carbons (Fsp3) is 0.500. The van der Waals surface area contributed by atoms with Crippen molar-refractivity contribution in [1.82, 2.24) is 20.2 Å². The first kappa shape index (κ1) is 31.9. The molecule has 236 valence electrons. The number of hydrogen-bond donors (Lipinski definition) is 2. The second kappa shape index (κ2) is 12.9. The lowest BCUT2D eigenvalue weighted by atomic mass is 9.84. The minimum absolute atomic E-state index is 0.0204. The Balaban J connectivity index is 1.62. The van der Waals surface area contributed by atoms with Crippen LogP contribution in [0.4, 0.5) is 5.95 Å². The highest BCUT2D eigenvalue weighted by molar-refractivity contribution is 7.92. The molecule has 1 aromatic heterocycles. The Kier molecular flexibility index (Phi) is 9.32. The van der Waals surface area contributed by atoms with Crippen molar-refractivity contribution < 1.29 is 17.9 Å². The molecule has 5 rings (SSSR count). The fourth-order valence-corrected chi connectivity index (χ4v) is 7.48. The van der Waals surface area contributed by atoms with Gasteiger partial charge in [-0.15, -0.1) is 0 Å². The molecule has 2 aliphatic rings. The van der Waals surface area contributed by atoms with Crippen LogP contribution in [0.1, 0.15) is 74.4 Å². The monoisotopic (exact) mass is 619 g/mol. The third-order valence-electron chi connectivity index (χ3n) is 8.74. The normalized spacial score (nSPS) is 22.2. The molecular weight excluding hydrogens is 574 g/mol. The van der Waals surface area contributed by atoms with Crippen LogP contribution in [0.25, 0.3) is 11.3 Å². The quantitative estimate of drug-likeness (QED) is 0.361. The van der Waals surface area contributed by atoms with E-state index >= 15 is 0 Å². The SMILES string of the molecule is CNC1CCC(CN2C(=O)c3cccc(c3)S(=O)(=O)Nc3nc(cc(-c4c(C)cccc4C)n3)OC[C@H]2CC(C)(C)C)CC1. The molecule has 1 amide bonds. The predicted octanol–water partition coefficient (Wildman–Crippen LogP) is 5.98. The van der Waals surface area contributed by atoms with Gasteiger partial charge in [0.1, 0.15) is 6.61 Å². The number of benzene rings is 2. The van der Waals surface area contributed by atoms with E-state index in [4.69, 9.17) is 4.74 Å². The van der Waals surface area contributed by atoms with E-state index in [0.29, 0.717) is 36.2 Å². The molecule has 3 aromatic rings. The van der Waals surface area contributed by atoms with Crippen LogP contribution in [0.3, 0.4) is 0 Å². The molecular formula is C34H45N5O4S. The van der Waals surface area contributed by atoms with Crippen LogP contribution >= 0.6 is 0 Å². The highest BCUT2D eigenvalue weighted by Crippen LogP contribution is 2.33. The Labute approximate surface area is 261 Å². The number of carbonyl (C=O) groups is 1. The highest BCUT2D eigenvalue weighted by atomic mass is 32.2. The van der Waals surface area contributed by atoms with Gasteiger partial charge < -0.3 is 15.0 Å². The third kappa shape index (κ3) is 7.41. The summed E-state index contributed by atoms with van der Waals surface area (Å²) in [5, 5.41) is 3.39. The molecule has 0 spiro atoms. The van der Waals surface area contributed by atoms with Crippen molar-refractivity contribution in [3.05, 3.63) is 65.2 Å². The molecule has 1 aliphatic heterocycles. The Morgan fingerprint density at radius 2 is 1.68 bits per heavy atom. The number of ether oxygens (including phenoxy) is 1. The van der Waals surface area contributed by atoms with Gasteiger partial charge in [-0.1, -0.05) is 45.0 Å². The van der Waals surface area contributed by atoms with E-state index in [0.717, 1.165) is 42.4 Å². The molecule has 2 N–H and O–H groups in total. The fourth-order valence-electron chi connectivity index (χ4n) is 6.49. The number of carbonyl (C=O) groups excluding carboxylic acids is 1. The Morgan fingerprint density at radius 1 is 1.00 bits per heavy atom. The summed E-state index contributed by atoms with van der Waals surface area (Å²) in [6.45, 7) is 11.3. The number of anilines is 1. The number of aryl methyl sites for hydroxylation is 2. The van der Waals surface area contributed by atoms with E-state index in [2.05, 4.69) is 40.8 Å². The molecule has 44 heavy (non-hydrogen) atoms. The maximum Gasteiger partial charge on any atom is 0.264 e. The first-order chi connectivity index (χ1) is 20.8. The number of amides is 1. The smallest absolute Gasteiger partial charge is 0.264 e. The van der Waals surface area contributed by atoms with E-state index in [-0.39, 0.29) is 40.7 Å². The van der Waals surface area contributed by atoms with Gasteiger partial charge in [0.25, 0.3) is 15.9 Å². The molecule has 1 saturated carbocycles. The summed E-state index contributed by atoms with van der Waals surface area (Å²) in [6, 6.07) is 14.2. The summed E-state index contributed by atoms with van der Waals surface area (Å²) in [5.74, 6) is 0.323. The molecule has 4 bridgehead atoms. The van der Waals surface area contributed by atoms with Crippen molar-refractivity contribution in [2.45, 2.75) is 83.7 Å². The number of nitrogens with one attached hydrogen (secondary N) is 2. The van der Waals surface area contributed by atoms with Gasteiger partial charge in [-0.3, -0.25) is 4.79 Å². The number of sulfonamides is 1. The number of hydrogen-bond acceptors (Lipinski definition) is 7. The van der Waals surface area contributed by atoms with Gasteiger partial charge in [0, 0.05) is 29.8 Å². The summed E-state index contributed by atoms with van der Waals surface area (Å²) >= 11 is 0. The second-order valence-electron chi connectivity index (χ2n) is 13.5. The topological polar surface area (TPSA) is 114 Å². The van der Waals surface area contributed by atoms with Crippen molar-refractivity contribution in [2.75, 3.05) is 24.9 Å². The molecule has 2 aromatic carbocycles. The Morgan fingerprint density at radius 3 is 2.34 bits per heavy atom. The molecule has 0 unspecified atom stereocenters. The molecule has 0 radical (unpaired) electrons. The maximum absolute atomic E-state index is 14.3. The average Bonchev–Trinajstić information content (AvgIpc) is 2.97. The van der Waals surface area contributed by atoms with Crippen LogP contribution in [0.5, 0.6) is 5.88 Å². The third-order valence-corrected chi connectivity index (χ3v) is 10.1. The molecule has 1 fully saturated rings. The summed E-state index contributed by atoms with van der Waals surface area (Å²) in [6.07, 6.45) is 4.86. The van der Waals surface area contributed by atoms with Gasteiger partial charge in [0.15, 0.2) is 0 Å². The van der Waals surface area contributed by atoms with Crippen LogP contribution in [-0.2, 0) is 10.0 Å². The molecule has 0 saturated heterocycles. The first-order valence-corrected chi connectivity index (χ1v) is 17.0. The number of rotatable bonds is 5. The van der Waals surface area contributed by atoms with Crippen molar-refractivity contribution in [1.29, 1.82) is 0 Å². The highest BCUT2D eigenvalue weighted by Gasteiger charge is 2.33. The van der Waals surface area contributed by atoms with Gasteiger partial charge in [-0.2, -0.15) is 4.98 Å². The van der Waals surface area contributed by atoms with E-state index in [1.54, 1.807) is 18.2 Å². The lowest BCUT2D eigenvalue weighted by Gasteiger charge is -2.39. The van der Waals surface area contributed by atoms with Crippen LogP contribution < -0.4 is 14.8 Å². The van der Waals surface area contributed by atoms with Crippen molar-refractivity contribution >= 4 is 21.9 Å². The predicted molar refractivity (Wildman–Crippen MR) is 173 cm³/mol. The zero-order valence-corrected chi connectivity index (χ0v) is 27.5. The first-order valence-electron chi connectivity index (χ1n) is 15.5. The number of aromatic nitrogens is 2. The number of fused-ring (bicyclic) bond motifs is 4. The average molecular weight is 620 g/mol. The zero-order valence-electron chi connectivity index (χ0n) is 26.7. The molecule has 1 atom stereocenters.